The molecule has 3 fully saturated rings. The first-order valence-electron chi connectivity index (χ1n) is 10.8. The van der Waals surface area contributed by atoms with E-state index >= 15 is 0 Å². The zero-order chi connectivity index (χ0) is 21.5. The maximum Gasteiger partial charge on any atom is 0.325 e. The minimum atomic E-state index is -0.725. The second-order valence-electron chi connectivity index (χ2n) is 8.75. The molecule has 0 radical (unpaired) electrons. The number of rotatable bonds is 8. The van der Waals surface area contributed by atoms with Gasteiger partial charge in [-0.3, -0.25) is 19.3 Å². The van der Waals surface area contributed by atoms with Crippen molar-refractivity contribution in [3.8, 4) is 0 Å². The molecule has 1 saturated heterocycles. The summed E-state index contributed by atoms with van der Waals surface area (Å²) in [7, 11) is 0. The first-order chi connectivity index (χ1) is 14.3. The average Bonchev–Trinajstić information content (AvgIpc) is 3.27. The first kappa shape index (κ1) is 20.6. The number of amides is 3. The fourth-order valence-electron chi connectivity index (χ4n) is 4.83. The van der Waals surface area contributed by atoms with Crippen molar-refractivity contribution in [2.45, 2.75) is 76.8 Å². The number of ether oxygens (including phenoxy) is 1. The van der Waals surface area contributed by atoms with Crippen molar-refractivity contribution in [1.82, 2.24) is 14.8 Å². The van der Waals surface area contributed by atoms with Crippen LogP contribution in [0.1, 0.15) is 79.2 Å². The van der Waals surface area contributed by atoms with Gasteiger partial charge >= 0.3 is 12.0 Å². The van der Waals surface area contributed by atoms with Crippen molar-refractivity contribution in [3.63, 3.8) is 0 Å². The third kappa shape index (κ3) is 3.75. The molecule has 1 aromatic heterocycles. The molecule has 8 heteroatoms. The van der Waals surface area contributed by atoms with Crippen LogP contribution in [0.25, 0.3) is 0 Å². The molecule has 0 atom stereocenters. The van der Waals surface area contributed by atoms with Gasteiger partial charge in [-0.05, 0) is 52.0 Å². The van der Waals surface area contributed by atoms with Gasteiger partial charge in [0.05, 0.1) is 0 Å². The molecule has 3 aliphatic rings. The number of nitrogens with zero attached hydrogens (tertiary/aromatic N) is 2. The summed E-state index contributed by atoms with van der Waals surface area (Å²) < 4.78 is 7.33. The highest BCUT2D eigenvalue weighted by Crippen LogP contribution is 2.38. The molecule has 2 heterocycles. The van der Waals surface area contributed by atoms with Crippen LogP contribution in [0.2, 0.25) is 0 Å². The predicted octanol–water partition coefficient (Wildman–Crippen LogP) is 2.81. The van der Waals surface area contributed by atoms with Gasteiger partial charge in [0.25, 0.3) is 5.91 Å². The number of aryl methyl sites for hydroxylation is 1. The van der Waals surface area contributed by atoms with Gasteiger partial charge in [-0.15, -0.1) is 0 Å². The van der Waals surface area contributed by atoms with E-state index in [-0.39, 0.29) is 37.3 Å². The van der Waals surface area contributed by atoms with Gasteiger partial charge in [0, 0.05) is 36.0 Å². The molecule has 30 heavy (non-hydrogen) atoms. The lowest BCUT2D eigenvalue weighted by atomic mass is 9.98. The van der Waals surface area contributed by atoms with E-state index in [1.165, 1.54) is 4.90 Å². The summed E-state index contributed by atoms with van der Waals surface area (Å²) in [6, 6.07) is 1.97. The molecule has 1 aliphatic heterocycles. The lowest BCUT2D eigenvalue weighted by Crippen LogP contribution is -2.44. The van der Waals surface area contributed by atoms with E-state index in [1.54, 1.807) is 0 Å². The third-order valence-electron chi connectivity index (χ3n) is 6.53. The number of Topliss-reactive ketones (excluding diaryl/α,β-unsaturated/α-hetero) is 1. The molecule has 1 aromatic rings. The lowest BCUT2D eigenvalue weighted by molar-refractivity contribution is -0.143. The molecular formula is C22H29N3O5. The van der Waals surface area contributed by atoms with Crippen molar-refractivity contribution in [1.29, 1.82) is 0 Å². The summed E-state index contributed by atoms with van der Waals surface area (Å²) in [6.07, 6.45) is 5.87. The highest BCUT2D eigenvalue weighted by molar-refractivity contribution is 6.07. The minimum Gasteiger partial charge on any atom is -0.457 e. The molecule has 0 aromatic carbocycles. The quantitative estimate of drug-likeness (QED) is 0.400. The number of esters is 1. The monoisotopic (exact) mass is 415 g/mol. The van der Waals surface area contributed by atoms with E-state index in [9.17, 15) is 19.2 Å². The van der Waals surface area contributed by atoms with Crippen molar-refractivity contribution in [2.24, 2.45) is 0 Å². The summed E-state index contributed by atoms with van der Waals surface area (Å²) in [5.41, 5.74) is 1.86. The summed E-state index contributed by atoms with van der Waals surface area (Å²) in [4.78, 5) is 50.5. The number of urea groups is 1. The van der Waals surface area contributed by atoms with E-state index < -0.39 is 11.5 Å². The van der Waals surface area contributed by atoms with E-state index in [0.29, 0.717) is 30.9 Å². The van der Waals surface area contributed by atoms with Crippen molar-refractivity contribution >= 4 is 23.7 Å². The second kappa shape index (κ2) is 7.89. The van der Waals surface area contributed by atoms with Gasteiger partial charge in [0.1, 0.15) is 5.54 Å². The highest BCUT2D eigenvalue weighted by atomic mass is 16.5. The molecule has 0 bridgehead atoms. The van der Waals surface area contributed by atoms with Crippen LogP contribution >= 0.6 is 0 Å². The van der Waals surface area contributed by atoms with Crippen LogP contribution in [0.15, 0.2) is 6.07 Å². The number of hydrogen-bond donors (Lipinski definition) is 1. The van der Waals surface area contributed by atoms with Gasteiger partial charge in [-0.25, -0.2) is 4.79 Å². The first-order valence-corrected chi connectivity index (χ1v) is 10.8. The Labute approximate surface area is 175 Å². The Bertz CT molecular complexity index is 893. The largest absolute Gasteiger partial charge is 0.457 e. The molecule has 2 aliphatic carbocycles. The molecule has 4 rings (SSSR count). The van der Waals surface area contributed by atoms with Gasteiger partial charge < -0.3 is 14.6 Å². The highest BCUT2D eigenvalue weighted by Gasteiger charge is 2.52. The van der Waals surface area contributed by atoms with E-state index in [0.717, 1.165) is 37.1 Å². The van der Waals surface area contributed by atoms with Gasteiger partial charge in [-0.2, -0.15) is 0 Å². The van der Waals surface area contributed by atoms with Crippen LogP contribution in [0.4, 0.5) is 4.79 Å². The summed E-state index contributed by atoms with van der Waals surface area (Å²) in [5, 5.41) is 2.82. The summed E-state index contributed by atoms with van der Waals surface area (Å²) >= 11 is 0. The van der Waals surface area contributed by atoms with Gasteiger partial charge in [0.2, 0.25) is 5.78 Å². The number of hydrogen-bond acceptors (Lipinski definition) is 5. The predicted molar refractivity (Wildman–Crippen MR) is 108 cm³/mol. The van der Waals surface area contributed by atoms with Crippen LogP contribution < -0.4 is 5.32 Å². The van der Waals surface area contributed by atoms with E-state index in [4.69, 9.17) is 4.74 Å². The Hall–Kier alpha value is -2.64. The smallest absolute Gasteiger partial charge is 0.325 e. The number of carbonyl (C=O) groups is 4. The number of carbonyl (C=O) groups excluding carboxylic acids is 4. The fraction of sp³-hybridized carbons (Fsp3) is 0.636. The Morgan fingerprint density at radius 1 is 1.20 bits per heavy atom. The topological polar surface area (TPSA) is 97.7 Å². The van der Waals surface area contributed by atoms with Gasteiger partial charge in [0.15, 0.2) is 6.61 Å². The number of nitrogens with one attached hydrogen (secondary N) is 1. The van der Waals surface area contributed by atoms with Crippen LogP contribution in [0.3, 0.4) is 0 Å². The lowest BCUT2D eigenvalue weighted by Gasteiger charge is -2.19. The summed E-state index contributed by atoms with van der Waals surface area (Å²) in [5.74, 6) is -0.887. The van der Waals surface area contributed by atoms with Gasteiger partial charge in [-0.1, -0.05) is 12.8 Å². The molecule has 162 valence electrons. The maximum atomic E-state index is 12.6. The zero-order valence-corrected chi connectivity index (χ0v) is 17.7. The standard InChI is InChI=1S/C22H29N3O5/c1-14-12-17(15(2)25(14)16-7-8-16)18(26)13-30-19(27)6-5-11-24-20(28)22(23-21(24)29)9-3-4-10-22/h12,16H,3-11,13H2,1-2H3,(H,23,29). The molecular weight excluding hydrogens is 386 g/mol. The van der Waals surface area contributed by atoms with Crippen LogP contribution in [-0.2, 0) is 14.3 Å². The Balaban J connectivity index is 1.23. The molecule has 1 spiro atoms. The number of aromatic nitrogens is 1. The van der Waals surface area contributed by atoms with Crippen molar-refractivity contribution in [2.75, 3.05) is 13.2 Å². The van der Waals surface area contributed by atoms with Crippen LogP contribution in [-0.4, -0.2) is 51.8 Å². The second-order valence-corrected chi connectivity index (χ2v) is 8.75. The minimum absolute atomic E-state index is 0.0540. The Morgan fingerprint density at radius 3 is 2.57 bits per heavy atom. The van der Waals surface area contributed by atoms with E-state index in [2.05, 4.69) is 9.88 Å². The normalized spacial score (nSPS) is 20.1. The Morgan fingerprint density at radius 2 is 1.90 bits per heavy atom. The number of ketones is 1. The molecule has 1 N–H and O–H groups in total. The van der Waals surface area contributed by atoms with Crippen molar-refractivity contribution < 1.29 is 23.9 Å². The fourth-order valence-corrected chi connectivity index (χ4v) is 4.83. The molecule has 8 nitrogen and oxygen atoms in total. The SMILES string of the molecule is Cc1cc(C(=O)COC(=O)CCCN2C(=O)NC3(CCCC3)C2=O)c(C)n1C1CC1. The molecule has 2 saturated carbocycles. The molecule has 3 amide bonds. The number of imide groups is 1. The van der Waals surface area contributed by atoms with Crippen molar-refractivity contribution in [3.05, 3.63) is 23.0 Å². The third-order valence-corrected chi connectivity index (χ3v) is 6.53. The van der Waals surface area contributed by atoms with Crippen LogP contribution in [0.5, 0.6) is 0 Å². The average molecular weight is 415 g/mol. The summed E-state index contributed by atoms with van der Waals surface area (Å²) in [6.45, 7) is 3.80. The zero-order valence-electron chi connectivity index (χ0n) is 17.7. The van der Waals surface area contributed by atoms with Crippen LogP contribution in [0, 0.1) is 13.8 Å². The Kier molecular flexibility index (Phi) is 5.42. The maximum absolute atomic E-state index is 12.6. The molecule has 0 unspecified atom stereocenters. The van der Waals surface area contributed by atoms with E-state index in [1.807, 2.05) is 19.9 Å².